The van der Waals surface area contributed by atoms with Gasteiger partial charge in [0.25, 0.3) is 0 Å². The molecule has 6 heteroatoms. The van der Waals surface area contributed by atoms with Crippen LogP contribution in [0.4, 0.5) is 0 Å². The van der Waals surface area contributed by atoms with E-state index in [1.807, 2.05) is 24.3 Å². The summed E-state index contributed by atoms with van der Waals surface area (Å²) in [5.74, 6) is 0. The minimum Gasteiger partial charge on any atom is -0.315 e. The van der Waals surface area contributed by atoms with E-state index < -0.39 is 10.0 Å². The SMILES string of the molecule is CN(Cc1cccc(Br)c1)S(=O)(=O)C1CCCNC1. The highest BCUT2D eigenvalue weighted by Crippen LogP contribution is 2.19. The van der Waals surface area contributed by atoms with Gasteiger partial charge in [-0.2, -0.15) is 0 Å². The highest BCUT2D eigenvalue weighted by molar-refractivity contribution is 9.10. The Hall–Kier alpha value is -0.430. The maximum absolute atomic E-state index is 12.4. The van der Waals surface area contributed by atoms with Gasteiger partial charge in [0.1, 0.15) is 0 Å². The Kier molecular flexibility index (Phi) is 5.00. The van der Waals surface area contributed by atoms with Crippen molar-refractivity contribution in [3.05, 3.63) is 34.3 Å². The number of halogens is 1. The van der Waals surface area contributed by atoms with Gasteiger partial charge in [-0.1, -0.05) is 28.1 Å². The van der Waals surface area contributed by atoms with Crippen molar-refractivity contribution < 1.29 is 8.42 Å². The first-order chi connectivity index (χ1) is 9.00. The van der Waals surface area contributed by atoms with Crippen LogP contribution in [-0.4, -0.2) is 38.1 Å². The molecule has 1 saturated heterocycles. The molecule has 1 aromatic carbocycles. The number of benzene rings is 1. The molecule has 1 N–H and O–H groups in total. The summed E-state index contributed by atoms with van der Waals surface area (Å²) < 4.78 is 27.3. The third-order valence-corrected chi connectivity index (χ3v) is 6.14. The van der Waals surface area contributed by atoms with E-state index in [0.29, 0.717) is 13.1 Å². The van der Waals surface area contributed by atoms with Gasteiger partial charge in [0.05, 0.1) is 5.25 Å². The fourth-order valence-electron chi connectivity index (χ4n) is 2.31. The molecular formula is C13H19BrN2O2S. The van der Waals surface area contributed by atoms with E-state index in [2.05, 4.69) is 21.2 Å². The van der Waals surface area contributed by atoms with Crippen molar-refractivity contribution >= 4 is 26.0 Å². The molecule has 2 rings (SSSR count). The predicted molar refractivity (Wildman–Crippen MR) is 80.4 cm³/mol. The molecule has 1 fully saturated rings. The van der Waals surface area contributed by atoms with Crippen LogP contribution in [-0.2, 0) is 16.6 Å². The average Bonchev–Trinajstić information content (AvgIpc) is 2.39. The van der Waals surface area contributed by atoms with Crippen molar-refractivity contribution in [3.8, 4) is 0 Å². The van der Waals surface area contributed by atoms with E-state index in [1.165, 1.54) is 4.31 Å². The van der Waals surface area contributed by atoms with Gasteiger partial charge in [0.2, 0.25) is 10.0 Å². The summed E-state index contributed by atoms with van der Waals surface area (Å²) in [5, 5.41) is 2.86. The Morgan fingerprint density at radius 2 is 2.26 bits per heavy atom. The lowest BCUT2D eigenvalue weighted by Crippen LogP contribution is -2.44. The van der Waals surface area contributed by atoms with Crippen LogP contribution in [0.1, 0.15) is 18.4 Å². The lowest BCUT2D eigenvalue weighted by atomic mass is 10.2. The third-order valence-electron chi connectivity index (χ3n) is 3.40. The smallest absolute Gasteiger partial charge is 0.218 e. The molecule has 1 atom stereocenters. The van der Waals surface area contributed by atoms with Crippen molar-refractivity contribution in [2.45, 2.75) is 24.6 Å². The van der Waals surface area contributed by atoms with Crippen LogP contribution in [0.25, 0.3) is 0 Å². The monoisotopic (exact) mass is 346 g/mol. The van der Waals surface area contributed by atoms with Gasteiger partial charge in [0.15, 0.2) is 0 Å². The molecule has 0 spiro atoms. The standard InChI is InChI=1S/C13H19BrN2O2S/c1-16(10-11-4-2-5-12(14)8-11)19(17,18)13-6-3-7-15-9-13/h2,4-5,8,13,15H,3,6-7,9-10H2,1H3. The minimum atomic E-state index is -3.22. The molecule has 1 aliphatic rings. The highest BCUT2D eigenvalue weighted by atomic mass is 79.9. The van der Waals surface area contributed by atoms with Crippen LogP contribution >= 0.6 is 15.9 Å². The Labute approximate surface area is 123 Å². The summed E-state index contributed by atoms with van der Waals surface area (Å²) in [6, 6.07) is 7.74. The maximum Gasteiger partial charge on any atom is 0.218 e. The number of nitrogens with one attached hydrogen (secondary N) is 1. The number of piperidine rings is 1. The number of hydrogen-bond donors (Lipinski definition) is 1. The Morgan fingerprint density at radius 1 is 1.47 bits per heavy atom. The minimum absolute atomic E-state index is 0.293. The molecule has 0 saturated carbocycles. The Morgan fingerprint density at radius 3 is 2.89 bits per heavy atom. The van der Waals surface area contributed by atoms with Gasteiger partial charge in [0, 0.05) is 24.6 Å². The zero-order valence-corrected chi connectivity index (χ0v) is 13.4. The summed E-state index contributed by atoms with van der Waals surface area (Å²) in [6.45, 7) is 1.89. The van der Waals surface area contributed by atoms with Crippen LogP contribution in [0, 0.1) is 0 Å². The molecule has 0 aromatic heterocycles. The predicted octanol–water partition coefficient (Wildman–Crippen LogP) is 1.96. The van der Waals surface area contributed by atoms with E-state index in [0.717, 1.165) is 29.4 Å². The van der Waals surface area contributed by atoms with Crippen LogP contribution in [0.2, 0.25) is 0 Å². The second kappa shape index (κ2) is 6.35. The number of rotatable bonds is 4. The largest absolute Gasteiger partial charge is 0.315 e. The van der Waals surface area contributed by atoms with Crippen molar-refractivity contribution in [1.82, 2.24) is 9.62 Å². The first-order valence-electron chi connectivity index (χ1n) is 6.40. The van der Waals surface area contributed by atoms with E-state index in [-0.39, 0.29) is 5.25 Å². The summed E-state index contributed by atoms with van der Waals surface area (Å²) in [7, 11) is -1.56. The number of nitrogens with zero attached hydrogens (tertiary/aromatic N) is 1. The highest BCUT2D eigenvalue weighted by Gasteiger charge is 2.30. The van der Waals surface area contributed by atoms with E-state index >= 15 is 0 Å². The first-order valence-corrected chi connectivity index (χ1v) is 8.70. The molecule has 19 heavy (non-hydrogen) atoms. The van der Waals surface area contributed by atoms with Gasteiger partial charge in [-0.15, -0.1) is 0 Å². The van der Waals surface area contributed by atoms with Crippen molar-refractivity contribution in [3.63, 3.8) is 0 Å². The molecule has 0 amide bonds. The second-order valence-corrected chi connectivity index (χ2v) is 8.13. The summed E-state index contributed by atoms with van der Waals surface area (Å²) in [6.07, 6.45) is 1.67. The van der Waals surface area contributed by atoms with Gasteiger partial charge >= 0.3 is 0 Å². The van der Waals surface area contributed by atoms with E-state index in [1.54, 1.807) is 7.05 Å². The molecule has 0 radical (unpaired) electrons. The van der Waals surface area contributed by atoms with Gasteiger partial charge in [-0.25, -0.2) is 12.7 Å². The number of sulfonamides is 1. The normalized spacial score (nSPS) is 20.7. The first kappa shape index (κ1) is 15.0. The maximum atomic E-state index is 12.4. The van der Waals surface area contributed by atoms with Crippen molar-refractivity contribution in [2.75, 3.05) is 20.1 Å². The second-order valence-electron chi connectivity index (χ2n) is 4.90. The van der Waals surface area contributed by atoms with Crippen LogP contribution < -0.4 is 5.32 Å². The molecule has 1 aliphatic heterocycles. The molecular weight excluding hydrogens is 328 g/mol. The molecule has 1 unspecified atom stereocenters. The van der Waals surface area contributed by atoms with Crippen molar-refractivity contribution in [2.24, 2.45) is 0 Å². The zero-order valence-electron chi connectivity index (χ0n) is 11.0. The van der Waals surface area contributed by atoms with Gasteiger partial charge in [-0.05, 0) is 37.1 Å². The molecule has 4 nitrogen and oxygen atoms in total. The van der Waals surface area contributed by atoms with Gasteiger partial charge < -0.3 is 5.32 Å². The van der Waals surface area contributed by atoms with Crippen LogP contribution in [0.15, 0.2) is 28.7 Å². The number of hydrogen-bond acceptors (Lipinski definition) is 3. The van der Waals surface area contributed by atoms with Gasteiger partial charge in [-0.3, -0.25) is 0 Å². The summed E-state index contributed by atoms with van der Waals surface area (Å²) in [4.78, 5) is 0. The van der Waals surface area contributed by atoms with E-state index in [9.17, 15) is 8.42 Å². The van der Waals surface area contributed by atoms with Crippen LogP contribution in [0.5, 0.6) is 0 Å². The Bertz CT molecular complexity index is 527. The van der Waals surface area contributed by atoms with Crippen LogP contribution in [0.3, 0.4) is 0 Å². The topological polar surface area (TPSA) is 49.4 Å². The molecule has 1 aromatic rings. The zero-order chi connectivity index (χ0) is 13.9. The molecule has 0 bridgehead atoms. The quantitative estimate of drug-likeness (QED) is 0.906. The van der Waals surface area contributed by atoms with Crippen molar-refractivity contribution in [1.29, 1.82) is 0 Å². The molecule has 1 heterocycles. The molecule has 106 valence electrons. The lowest BCUT2D eigenvalue weighted by Gasteiger charge is -2.27. The fraction of sp³-hybridized carbons (Fsp3) is 0.538. The van der Waals surface area contributed by atoms with E-state index in [4.69, 9.17) is 0 Å². The molecule has 0 aliphatic carbocycles. The summed E-state index contributed by atoms with van der Waals surface area (Å²) >= 11 is 3.40. The third kappa shape index (κ3) is 3.78. The summed E-state index contributed by atoms with van der Waals surface area (Å²) in [5.41, 5.74) is 0.990. The average molecular weight is 347 g/mol. The Balaban J connectivity index is 2.07. The lowest BCUT2D eigenvalue weighted by molar-refractivity contribution is 0.429. The fourth-order valence-corrected chi connectivity index (χ4v) is 4.39.